The standard InChI is InChI=1S/C94H149N31O15/c1-54(2)47-72(120-87(137)75(50-59-52-112-64-25-8-6-23-62(59)64)122-82(132)70(31-18-45-110-94(104)105)119-88(138)76-33-20-46-125(76)90(140)71-32-19-41-106-71)85(135)117-66(27-10-13-39-96)79(129)114-65(26-9-12-38-95)78(128)115-68(29-16-43-108-92(100)101)80(130)116-69(30-17-44-109-93(102)103)81(131)121-74(49-58-51-111-63-24-7-5-22-61(58)63)86(136)118-67(28-11-14-40-97)83(133)124-77(56(4)127)89(139)123-73(48-57-36-34-55(3)35-37-57)84(134)113-60(53-126)21-15-42-107-91(98)99/h5-8,22-25,34-37,51-54,56,60,65-77,106,111-112,127H,9-21,26-33,38-50,95-97H2,1-4H3,(H,113,134)(H,114,129)(H,115,128)(H,116,130)(H,117,135)(H,118,136)(H,119,138)(H,120,137)(H,121,131)(H,122,132)(H,123,139)(H,124,133)(H4,98,99,107)(H4,100,101,108)(H4,102,103,109)(H4,104,105,110)/t56?,60-,65-,66-,67-,68-,69-,70-,71+,72-,73-,74-,75-,76-,77-/m0/s1. The van der Waals surface area contributed by atoms with Gasteiger partial charge >= 0.3 is 0 Å². The molecule has 46 nitrogen and oxygen atoms in total. The predicted octanol–water partition coefficient (Wildman–Crippen LogP) is -3.39. The predicted molar refractivity (Wildman–Crippen MR) is 530 cm³/mol. The minimum absolute atomic E-state index is 0.00818. The number of unbranched alkanes of at least 4 members (excludes halogenated alkanes) is 3. The second kappa shape index (κ2) is 59.6. The second-order valence-electron chi connectivity index (χ2n) is 36.2. The van der Waals surface area contributed by atoms with Gasteiger partial charge in [-0.1, -0.05) is 80.1 Å². The van der Waals surface area contributed by atoms with Crippen molar-refractivity contribution in [2.45, 2.75) is 279 Å². The maximum absolute atomic E-state index is 15.4. The van der Waals surface area contributed by atoms with E-state index in [2.05, 4.69) is 100 Å². The van der Waals surface area contributed by atoms with Crippen molar-refractivity contribution in [3.05, 3.63) is 107 Å². The van der Waals surface area contributed by atoms with Crippen LogP contribution in [0.1, 0.15) is 184 Å². The lowest BCUT2D eigenvalue weighted by atomic mass is 9.99. The van der Waals surface area contributed by atoms with Gasteiger partial charge in [0.25, 0.3) is 0 Å². The quantitative estimate of drug-likeness (QED) is 0.00781. The first kappa shape index (κ1) is 113. The smallest absolute Gasteiger partial charge is 0.245 e. The first-order chi connectivity index (χ1) is 67.0. The lowest BCUT2D eigenvalue weighted by Gasteiger charge is -2.30. The van der Waals surface area contributed by atoms with E-state index in [1.807, 2.05) is 25.1 Å². The molecule has 0 radical (unpaired) electrons. The Morgan fingerprint density at radius 2 is 0.779 bits per heavy atom. The number of likely N-dealkylation sites (tertiary alicyclic amines) is 1. The monoisotopic (exact) mass is 1950 g/mol. The highest BCUT2D eigenvalue weighted by molar-refractivity contribution is 6.01. The number of aliphatic hydroxyl groups excluding tert-OH is 1. The number of carbonyl (C=O) groups excluding carboxylic acids is 14. The number of benzene rings is 3. The molecule has 3 aromatic carbocycles. The number of fused-ring (bicyclic) bond motifs is 2. The molecule has 0 saturated carbocycles. The van der Waals surface area contributed by atoms with Crippen LogP contribution >= 0.6 is 0 Å². The number of hydrogen-bond donors (Lipinski definition) is 31. The van der Waals surface area contributed by atoms with E-state index in [0.29, 0.717) is 97.4 Å². The molecule has 4 heterocycles. The van der Waals surface area contributed by atoms with Crippen LogP contribution in [0.2, 0.25) is 0 Å². The second-order valence-corrected chi connectivity index (χ2v) is 36.2. The van der Waals surface area contributed by atoms with Gasteiger partial charge in [0.2, 0.25) is 76.8 Å². The van der Waals surface area contributed by atoms with Gasteiger partial charge in [0.15, 0.2) is 23.8 Å². The molecule has 15 atom stereocenters. The number of guanidine groups is 4. The Kier molecular flexibility index (Phi) is 48.3. The third-order valence-electron chi connectivity index (χ3n) is 24.3. The van der Waals surface area contributed by atoms with Crippen LogP contribution in [0.3, 0.4) is 0 Å². The number of aliphatic hydroxyl groups is 1. The Morgan fingerprint density at radius 1 is 0.421 bits per heavy atom. The Morgan fingerprint density at radius 3 is 1.17 bits per heavy atom. The maximum atomic E-state index is 15.4. The van der Waals surface area contributed by atoms with Crippen molar-refractivity contribution in [2.24, 2.45) is 46.1 Å². The zero-order chi connectivity index (χ0) is 102. The zero-order valence-electron chi connectivity index (χ0n) is 80.6. The molecule has 38 N–H and O–H groups in total. The van der Waals surface area contributed by atoms with Crippen LogP contribution in [0, 0.1) is 34.5 Å². The van der Waals surface area contributed by atoms with Gasteiger partial charge in [-0.2, -0.15) is 0 Å². The molecule has 0 bridgehead atoms. The van der Waals surface area contributed by atoms with Crippen LogP contribution in [0.15, 0.2) is 85.2 Å². The SMILES string of the molecule is Cc1ccc(C[C@H](NC(=O)[C@@H](NC(=O)[C@H](CCCCN)NC(=O)[C@H](Cc2c[nH]c3ccccc23)NC(=O)[C@H](CCCNC(=N)N)NC(=O)[C@H](CCCNC(=N)N)NC(=O)[C@H](CCCCN)NC(=O)[C@H](CCCCN)NC(=O)[C@H](CC(C)C)NC(=O)[C@H](Cc2c[nH]c3ccccc23)NC(=O)[C@H](CCCNC(=N)N)NC(=O)[C@@H]2CCCN2C(=O)[C@H]2CCCN2)C(C)O)C(=O)N[C@H](C=O)CCCNC(=N)N)cc1. The van der Waals surface area contributed by atoms with E-state index in [0.717, 1.165) is 17.4 Å². The van der Waals surface area contributed by atoms with Gasteiger partial charge in [0.05, 0.1) is 18.2 Å². The number of nitrogens with one attached hydrogen (secondary N) is 23. The van der Waals surface area contributed by atoms with Gasteiger partial charge < -0.3 is 155 Å². The molecule has 140 heavy (non-hydrogen) atoms. The molecule has 13 amide bonds. The first-order valence-electron chi connectivity index (χ1n) is 48.4. The molecule has 2 aliphatic rings. The average molecular weight is 1950 g/mol. The summed E-state index contributed by atoms with van der Waals surface area (Å²) in [5.41, 5.74) is 44.3. The molecule has 7 rings (SSSR count). The van der Waals surface area contributed by atoms with Crippen molar-refractivity contribution in [2.75, 3.05) is 58.9 Å². The number of carbonyl (C=O) groups is 14. The lowest BCUT2D eigenvalue weighted by molar-refractivity contribution is -0.141. The number of H-pyrrole nitrogens is 2. The van der Waals surface area contributed by atoms with Crippen molar-refractivity contribution in [1.29, 1.82) is 21.6 Å². The topological polar surface area (TPSA) is 776 Å². The largest absolute Gasteiger partial charge is 0.391 e. The summed E-state index contributed by atoms with van der Waals surface area (Å²) in [5, 5.41) is 90.8. The maximum Gasteiger partial charge on any atom is 0.245 e. The Hall–Kier alpha value is -13.6. The van der Waals surface area contributed by atoms with Crippen molar-refractivity contribution >= 4 is 129 Å². The molecule has 46 heteroatoms. The Labute approximate surface area is 815 Å². The van der Waals surface area contributed by atoms with Gasteiger partial charge in [-0.15, -0.1) is 0 Å². The van der Waals surface area contributed by atoms with E-state index >= 15 is 33.6 Å². The molecular formula is C94H149N31O15. The van der Waals surface area contributed by atoms with Crippen LogP contribution in [0.25, 0.3) is 21.8 Å². The molecule has 1 unspecified atom stereocenters. The number of rotatable bonds is 63. The fraction of sp³-hybridized carbons (Fsp3) is 0.574. The number of aromatic amines is 2. The minimum atomic E-state index is -1.79. The number of para-hydroxylation sites is 2. The molecule has 770 valence electrons. The fourth-order valence-electron chi connectivity index (χ4n) is 16.8. The van der Waals surface area contributed by atoms with Crippen molar-refractivity contribution in [3.8, 4) is 0 Å². The summed E-state index contributed by atoms with van der Waals surface area (Å²) in [6.07, 6.45) is 5.71. The summed E-state index contributed by atoms with van der Waals surface area (Å²) in [6.45, 7) is 8.49. The summed E-state index contributed by atoms with van der Waals surface area (Å²) in [4.78, 5) is 214. The molecule has 2 aromatic heterocycles. The third-order valence-corrected chi connectivity index (χ3v) is 24.3. The van der Waals surface area contributed by atoms with E-state index < -0.39 is 173 Å². The number of aromatic nitrogens is 2. The average Bonchev–Trinajstić information content (AvgIpc) is 1.62. The van der Waals surface area contributed by atoms with Crippen molar-refractivity contribution in [1.82, 2.24) is 105 Å². The van der Waals surface area contributed by atoms with Gasteiger partial charge in [0.1, 0.15) is 78.8 Å². The highest BCUT2D eigenvalue weighted by Gasteiger charge is 2.42. The Bertz CT molecular complexity index is 4950. The summed E-state index contributed by atoms with van der Waals surface area (Å²) < 4.78 is 0. The number of aldehydes is 1. The number of amides is 13. The highest BCUT2D eigenvalue weighted by atomic mass is 16.3. The van der Waals surface area contributed by atoms with E-state index in [4.69, 9.17) is 61.8 Å². The molecule has 2 fully saturated rings. The number of nitrogens with zero attached hydrogens (tertiary/aromatic N) is 1. The van der Waals surface area contributed by atoms with E-state index in [9.17, 15) is 38.7 Å². The number of aryl methyl sites for hydroxylation is 1. The summed E-state index contributed by atoms with van der Waals surface area (Å²) in [7, 11) is 0. The van der Waals surface area contributed by atoms with Gasteiger partial charge in [0, 0.05) is 86.2 Å². The van der Waals surface area contributed by atoms with E-state index in [-0.39, 0.29) is 179 Å². The van der Waals surface area contributed by atoms with Gasteiger partial charge in [-0.05, 0) is 216 Å². The molecular weight excluding hydrogens is 1800 g/mol. The van der Waals surface area contributed by atoms with Crippen LogP contribution in [0.4, 0.5) is 0 Å². The van der Waals surface area contributed by atoms with Crippen LogP contribution in [0.5, 0.6) is 0 Å². The molecule has 5 aromatic rings. The summed E-state index contributed by atoms with van der Waals surface area (Å²) in [5.74, 6) is -12.4. The fourth-order valence-corrected chi connectivity index (χ4v) is 16.8. The molecule has 2 saturated heterocycles. The third kappa shape index (κ3) is 38.3. The zero-order valence-corrected chi connectivity index (χ0v) is 80.6. The summed E-state index contributed by atoms with van der Waals surface area (Å²) in [6, 6.07) is 2.57. The van der Waals surface area contributed by atoms with Gasteiger partial charge in [-0.25, -0.2) is 0 Å². The van der Waals surface area contributed by atoms with Crippen molar-refractivity contribution in [3.63, 3.8) is 0 Å². The summed E-state index contributed by atoms with van der Waals surface area (Å²) >= 11 is 0. The normalized spacial score (nSPS) is 16.2. The number of hydrogen-bond acceptors (Lipinski definition) is 23. The molecule has 0 spiro atoms. The molecule has 2 aliphatic heterocycles. The Balaban J connectivity index is 1.16. The molecule has 0 aliphatic carbocycles. The first-order valence-corrected chi connectivity index (χ1v) is 48.4. The number of nitrogens with two attached hydrogens (primary N) is 7. The highest BCUT2D eigenvalue weighted by Crippen LogP contribution is 2.25. The van der Waals surface area contributed by atoms with E-state index in [1.165, 1.54) is 11.8 Å². The van der Waals surface area contributed by atoms with Gasteiger partial charge in [-0.3, -0.25) is 84.0 Å². The lowest BCUT2D eigenvalue weighted by Crippen LogP contribution is -2.62. The van der Waals surface area contributed by atoms with Crippen LogP contribution in [-0.2, 0) is 86.4 Å². The van der Waals surface area contributed by atoms with Crippen molar-refractivity contribution < 1.29 is 72.2 Å². The van der Waals surface area contributed by atoms with Crippen LogP contribution in [-0.4, -0.2) is 276 Å². The minimum Gasteiger partial charge on any atom is -0.391 e. The van der Waals surface area contributed by atoms with Crippen LogP contribution < -0.4 is 131 Å². The van der Waals surface area contributed by atoms with E-state index in [1.54, 1.807) is 80.8 Å².